The second-order valence-electron chi connectivity index (χ2n) is 6.83. The highest BCUT2D eigenvalue weighted by Gasteiger charge is 2.48. The first-order chi connectivity index (χ1) is 14.3. The van der Waals surface area contributed by atoms with E-state index in [9.17, 15) is 17.4 Å². The van der Waals surface area contributed by atoms with Crippen LogP contribution in [0, 0.1) is 6.92 Å². The first-order valence-electron chi connectivity index (χ1n) is 9.29. The number of benzene rings is 3. The van der Waals surface area contributed by atoms with Gasteiger partial charge in [0.1, 0.15) is 11.8 Å². The van der Waals surface area contributed by atoms with Crippen LogP contribution < -0.4 is 10.1 Å². The highest BCUT2D eigenvalue weighted by atomic mass is 32.2. The van der Waals surface area contributed by atoms with Gasteiger partial charge in [-0.05, 0) is 48.9 Å². The van der Waals surface area contributed by atoms with E-state index in [1.165, 1.54) is 19.2 Å². The summed E-state index contributed by atoms with van der Waals surface area (Å²) >= 11 is 0. The van der Waals surface area contributed by atoms with Gasteiger partial charge in [0, 0.05) is 10.6 Å². The van der Waals surface area contributed by atoms with E-state index in [0.29, 0.717) is 16.2 Å². The fourth-order valence-corrected chi connectivity index (χ4v) is 4.67. The Hall–Kier alpha value is -2.80. The van der Waals surface area contributed by atoms with Crippen molar-refractivity contribution in [2.75, 3.05) is 12.4 Å². The predicted octanol–water partition coefficient (Wildman–Crippen LogP) is 5.90. The molecule has 0 aliphatic carbocycles. The maximum atomic E-state index is 14.2. The zero-order chi connectivity index (χ0) is 21.7. The molecule has 0 aliphatic heterocycles. The molecule has 0 fully saturated rings. The second-order valence-corrected chi connectivity index (χ2v) is 8.41. The highest BCUT2D eigenvalue weighted by Crippen LogP contribution is 2.38. The number of aryl methyl sites for hydroxylation is 1. The SMILES string of the molecule is COc1ccc(N[C@H]([C@H](c2ccccc2)S(=O)c2ccc(C)cc2)C(F)(F)F)cc1. The van der Waals surface area contributed by atoms with Crippen molar-refractivity contribution in [2.45, 2.75) is 29.3 Å². The number of methoxy groups -OCH3 is 1. The van der Waals surface area contributed by atoms with Gasteiger partial charge in [-0.2, -0.15) is 13.2 Å². The third-order valence-corrected chi connectivity index (χ3v) is 6.42. The van der Waals surface area contributed by atoms with Crippen LogP contribution in [0.15, 0.2) is 83.8 Å². The molecule has 0 heterocycles. The lowest BCUT2D eigenvalue weighted by atomic mass is 10.0. The molecule has 0 saturated carbocycles. The molecule has 3 aromatic rings. The normalized spacial score (nSPS) is 14.6. The highest BCUT2D eigenvalue weighted by molar-refractivity contribution is 7.85. The first-order valence-corrected chi connectivity index (χ1v) is 10.5. The van der Waals surface area contributed by atoms with E-state index in [1.807, 2.05) is 6.92 Å². The van der Waals surface area contributed by atoms with Gasteiger partial charge in [0.2, 0.25) is 0 Å². The largest absolute Gasteiger partial charge is 0.497 e. The van der Waals surface area contributed by atoms with Crippen LogP contribution in [0.3, 0.4) is 0 Å². The number of rotatable bonds is 7. The molecule has 0 saturated heterocycles. The summed E-state index contributed by atoms with van der Waals surface area (Å²) in [5.41, 5.74) is 1.55. The molecule has 7 heteroatoms. The molecular formula is C23H22F3NO2S. The molecule has 3 atom stereocenters. The van der Waals surface area contributed by atoms with Gasteiger partial charge in [0.15, 0.2) is 0 Å². The van der Waals surface area contributed by atoms with Crippen LogP contribution in [-0.4, -0.2) is 23.5 Å². The molecule has 0 spiro atoms. The molecule has 3 nitrogen and oxygen atoms in total. The van der Waals surface area contributed by atoms with E-state index in [1.54, 1.807) is 66.7 Å². The minimum absolute atomic E-state index is 0.264. The van der Waals surface area contributed by atoms with Crippen molar-refractivity contribution in [3.05, 3.63) is 90.0 Å². The van der Waals surface area contributed by atoms with Crippen molar-refractivity contribution in [2.24, 2.45) is 0 Å². The lowest BCUT2D eigenvalue weighted by Crippen LogP contribution is -2.43. The van der Waals surface area contributed by atoms with Crippen LogP contribution in [0.4, 0.5) is 18.9 Å². The topological polar surface area (TPSA) is 38.3 Å². The fourth-order valence-electron chi connectivity index (χ4n) is 3.10. The fraction of sp³-hybridized carbons (Fsp3) is 0.217. The van der Waals surface area contributed by atoms with Crippen LogP contribution in [-0.2, 0) is 10.8 Å². The van der Waals surface area contributed by atoms with Crippen molar-refractivity contribution in [3.63, 3.8) is 0 Å². The maximum absolute atomic E-state index is 14.2. The Bertz CT molecular complexity index is 974. The molecule has 158 valence electrons. The average Bonchev–Trinajstić information content (AvgIpc) is 2.74. The lowest BCUT2D eigenvalue weighted by molar-refractivity contribution is -0.142. The van der Waals surface area contributed by atoms with Crippen LogP contribution in [0.1, 0.15) is 16.4 Å². The zero-order valence-electron chi connectivity index (χ0n) is 16.5. The summed E-state index contributed by atoms with van der Waals surface area (Å²) in [6, 6.07) is 19.0. The minimum atomic E-state index is -4.64. The quantitative estimate of drug-likeness (QED) is 0.505. The van der Waals surface area contributed by atoms with E-state index >= 15 is 0 Å². The summed E-state index contributed by atoms with van der Waals surface area (Å²) in [6.45, 7) is 1.87. The number of halogens is 3. The van der Waals surface area contributed by atoms with Crippen molar-refractivity contribution >= 4 is 16.5 Å². The molecule has 0 aliphatic rings. The Morgan fingerprint density at radius 2 is 1.50 bits per heavy atom. The van der Waals surface area contributed by atoms with E-state index in [2.05, 4.69) is 5.32 Å². The Morgan fingerprint density at radius 1 is 0.900 bits per heavy atom. The molecule has 30 heavy (non-hydrogen) atoms. The number of nitrogens with one attached hydrogen (secondary N) is 1. The van der Waals surface area contributed by atoms with Crippen LogP contribution in [0.25, 0.3) is 0 Å². The van der Waals surface area contributed by atoms with Gasteiger partial charge in [-0.1, -0.05) is 48.0 Å². The van der Waals surface area contributed by atoms with Crippen LogP contribution in [0.2, 0.25) is 0 Å². The Balaban J connectivity index is 2.04. The molecule has 0 aromatic heterocycles. The van der Waals surface area contributed by atoms with Gasteiger partial charge >= 0.3 is 6.18 Å². The first kappa shape index (κ1) is 21.9. The van der Waals surface area contributed by atoms with E-state index in [-0.39, 0.29) is 5.69 Å². The molecule has 1 unspecified atom stereocenters. The predicted molar refractivity (Wildman–Crippen MR) is 113 cm³/mol. The van der Waals surface area contributed by atoms with Crippen molar-refractivity contribution in [3.8, 4) is 5.75 Å². The van der Waals surface area contributed by atoms with Crippen LogP contribution >= 0.6 is 0 Å². The second kappa shape index (κ2) is 9.34. The Labute approximate surface area is 176 Å². The van der Waals surface area contributed by atoms with E-state index in [0.717, 1.165) is 5.56 Å². The summed E-state index contributed by atoms with van der Waals surface area (Å²) in [5, 5.41) is 1.22. The summed E-state index contributed by atoms with van der Waals surface area (Å²) in [6.07, 6.45) is -4.64. The number of anilines is 1. The van der Waals surface area contributed by atoms with Gasteiger partial charge in [-0.25, -0.2) is 0 Å². The molecule has 1 N–H and O–H groups in total. The monoisotopic (exact) mass is 433 g/mol. The standard InChI is InChI=1S/C23H22F3NO2S/c1-16-8-14-20(15-9-16)30(28)21(17-6-4-3-5-7-17)22(23(24,25)26)27-18-10-12-19(29-2)13-11-18/h3-15,21-22,27H,1-2H3/t21-,22+,30?/m0/s1. The van der Waals surface area contributed by atoms with Crippen LogP contribution in [0.5, 0.6) is 5.75 Å². The van der Waals surface area contributed by atoms with Gasteiger partial charge in [0.05, 0.1) is 23.2 Å². The average molecular weight is 433 g/mol. The summed E-state index contributed by atoms with van der Waals surface area (Å²) in [4.78, 5) is 0.347. The number of ether oxygens (including phenoxy) is 1. The van der Waals surface area contributed by atoms with E-state index < -0.39 is 28.3 Å². The number of hydrogen-bond donors (Lipinski definition) is 1. The summed E-state index contributed by atoms with van der Waals surface area (Å²) in [5.74, 6) is 0.534. The van der Waals surface area contributed by atoms with Gasteiger partial charge < -0.3 is 10.1 Å². The van der Waals surface area contributed by atoms with Gasteiger partial charge in [0.25, 0.3) is 0 Å². The number of hydrogen-bond acceptors (Lipinski definition) is 3. The van der Waals surface area contributed by atoms with Gasteiger partial charge in [-0.3, -0.25) is 4.21 Å². The molecule has 0 amide bonds. The smallest absolute Gasteiger partial charge is 0.410 e. The molecule has 0 radical (unpaired) electrons. The van der Waals surface area contributed by atoms with E-state index in [4.69, 9.17) is 4.74 Å². The maximum Gasteiger partial charge on any atom is 0.410 e. The lowest BCUT2D eigenvalue weighted by Gasteiger charge is -2.30. The Morgan fingerprint density at radius 3 is 2.03 bits per heavy atom. The number of alkyl halides is 3. The minimum Gasteiger partial charge on any atom is -0.497 e. The molecule has 3 aromatic carbocycles. The Kier molecular flexibility index (Phi) is 6.82. The zero-order valence-corrected chi connectivity index (χ0v) is 17.3. The van der Waals surface area contributed by atoms with Crippen molar-refractivity contribution < 1.29 is 22.1 Å². The summed E-state index contributed by atoms with van der Waals surface area (Å²) in [7, 11) is -0.461. The van der Waals surface area contributed by atoms with Gasteiger partial charge in [-0.15, -0.1) is 0 Å². The summed E-state index contributed by atoms with van der Waals surface area (Å²) < 4.78 is 61.1. The van der Waals surface area contributed by atoms with Crippen molar-refractivity contribution in [1.29, 1.82) is 0 Å². The molecular weight excluding hydrogens is 411 g/mol. The third kappa shape index (κ3) is 5.21. The molecule has 0 bridgehead atoms. The molecule has 3 rings (SSSR count). The third-order valence-electron chi connectivity index (χ3n) is 4.68. The van der Waals surface area contributed by atoms with Crippen molar-refractivity contribution in [1.82, 2.24) is 0 Å².